The molecule has 0 aliphatic heterocycles. The van der Waals surface area contributed by atoms with Gasteiger partial charge in [0.05, 0.1) is 37.0 Å². The minimum Gasteiger partial charge on any atom is -0.390 e. The summed E-state index contributed by atoms with van der Waals surface area (Å²) in [5, 5.41) is 18.6. The monoisotopic (exact) mass is 270 g/mol. The van der Waals surface area contributed by atoms with Crippen LogP contribution in [-0.4, -0.2) is 29.5 Å². The minimum absolute atomic E-state index is 0.124. The fraction of sp³-hybridized carbons (Fsp3) is 0.143. The summed E-state index contributed by atoms with van der Waals surface area (Å²) in [7, 11) is 0. The van der Waals surface area contributed by atoms with Gasteiger partial charge in [0.2, 0.25) is 0 Å². The molecular formula is C14H14N4O2. The van der Waals surface area contributed by atoms with E-state index in [-0.39, 0.29) is 13.2 Å². The topological polar surface area (TPSA) is 76.1 Å². The second kappa shape index (κ2) is 5.28. The summed E-state index contributed by atoms with van der Waals surface area (Å²) in [5.41, 5.74) is 2.12. The van der Waals surface area contributed by atoms with Crippen LogP contribution in [0.1, 0.15) is 11.4 Å². The lowest BCUT2D eigenvalue weighted by atomic mass is 10.2. The number of aliphatic hydroxyl groups excluding tert-OH is 2. The number of aromatic nitrogens is 4. The van der Waals surface area contributed by atoms with Crippen molar-refractivity contribution in [1.29, 1.82) is 0 Å². The molecule has 2 N–H and O–H groups in total. The molecule has 0 aliphatic rings. The zero-order valence-corrected chi connectivity index (χ0v) is 10.7. The zero-order chi connectivity index (χ0) is 13.9. The van der Waals surface area contributed by atoms with E-state index < -0.39 is 0 Å². The first-order chi connectivity index (χ1) is 9.83. The van der Waals surface area contributed by atoms with Gasteiger partial charge >= 0.3 is 0 Å². The maximum Gasteiger partial charge on any atom is 0.159 e. The van der Waals surface area contributed by atoms with Gasteiger partial charge in [-0.25, -0.2) is 19.3 Å². The van der Waals surface area contributed by atoms with Gasteiger partial charge in [0.1, 0.15) is 6.33 Å². The van der Waals surface area contributed by atoms with Gasteiger partial charge in [-0.15, -0.1) is 0 Å². The second-order valence-corrected chi connectivity index (χ2v) is 4.31. The Morgan fingerprint density at radius 1 is 1.00 bits per heavy atom. The Morgan fingerprint density at radius 2 is 1.80 bits per heavy atom. The molecule has 2 aromatic heterocycles. The van der Waals surface area contributed by atoms with Crippen LogP contribution >= 0.6 is 0 Å². The summed E-state index contributed by atoms with van der Waals surface area (Å²) >= 11 is 0. The molecule has 0 saturated heterocycles. The molecule has 0 fully saturated rings. The highest BCUT2D eigenvalue weighted by molar-refractivity contribution is 5.55. The van der Waals surface area contributed by atoms with Crippen LogP contribution in [0.25, 0.3) is 11.4 Å². The molecule has 0 aliphatic carbocycles. The van der Waals surface area contributed by atoms with Crippen LogP contribution in [0.3, 0.4) is 0 Å². The Morgan fingerprint density at radius 3 is 2.50 bits per heavy atom. The molecule has 0 unspecified atom stereocenters. The van der Waals surface area contributed by atoms with E-state index in [1.807, 2.05) is 30.3 Å². The van der Waals surface area contributed by atoms with E-state index in [9.17, 15) is 10.2 Å². The molecule has 6 nitrogen and oxygen atoms in total. The Labute approximate surface area is 115 Å². The molecule has 0 saturated carbocycles. The normalized spacial score (nSPS) is 10.9. The smallest absolute Gasteiger partial charge is 0.159 e. The molecule has 0 atom stereocenters. The standard InChI is InChI=1S/C14H14N4O2/c19-8-12-7-17(18-10-15-6-13(18)9-20)14(16-12)11-4-2-1-3-5-11/h1-7,10,19-20H,8-9H2. The summed E-state index contributed by atoms with van der Waals surface area (Å²) < 4.78 is 3.47. The molecule has 2 heterocycles. The molecule has 3 rings (SSSR count). The Kier molecular flexibility index (Phi) is 3.32. The van der Waals surface area contributed by atoms with Crippen LogP contribution in [0, 0.1) is 0 Å². The molecule has 0 amide bonds. The van der Waals surface area contributed by atoms with E-state index in [2.05, 4.69) is 9.97 Å². The van der Waals surface area contributed by atoms with Crippen LogP contribution in [0.5, 0.6) is 0 Å². The SMILES string of the molecule is OCc1cn(-n2cncc2CO)c(-c2ccccc2)n1. The van der Waals surface area contributed by atoms with Crippen molar-refractivity contribution in [2.75, 3.05) is 0 Å². The summed E-state index contributed by atoms with van der Waals surface area (Å²) in [5.74, 6) is 0.683. The van der Waals surface area contributed by atoms with Gasteiger partial charge in [0.15, 0.2) is 5.82 Å². The van der Waals surface area contributed by atoms with E-state index >= 15 is 0 Å². The van der Waals surface area contributed by atoms with E-state index in [4.69, 9.17) is 0 Å². The van der Waals surface area contributed by atoms with Gasteiger partial charge < -0.3 is 10.2 Å². The second-order valence-electron chi connectivity index (χ2n) is 4.31. The van der Waals surface area contributed by atoms with E-state index in [1.54, 1.807) is 28.1 Å². The van der Waals surface area contributed by atoms with Crippen LogP contribution in [-0.2, 0) is 13.2 Å². The highest BCUT2D eigenvalue weighted by Crippen LogP contribution is 2.20. The summed E-state index contributed by atoms with van der Waals surface area (Å²) in [6, 6.07) is 9.66. The molecule has 3 aromatic rings. The van der Waals surface area contributed by atoms with E-state index in [0.29, 0.717) is 17.2 Å². The van der Waals surface area contributed by atoms with Gasteiger partial charge in [-0.3, -0.25) is 0 Å². The van der Waals surface area contributed by atoms with E-state index in [0.717, 1.165) is 5.56 Å². The average Bonchev–Trinajstić information content (AvgIpc) is 3.13. The third-order valence-corrected chi connectivity index (χ3v) is 3.02. The molecule has 0 spiro atoms. The van der Waals surface area contributed by atoms with Crippen molar-refractivity contribution in [3.05, 3.63) is 60.4 Å². The molecule has 6 heteroatoms. The van der Waals surface area contributed by atoms with Crippen molar-refractivity contribution in [2.45, 2.75) is 13.2 Å². The predicted molar refractivity (Wildman–Crippen MR) is 72.5 cm³/mol. The number of hydrogen-bond acceptors (Lipinski definition) is 4. The fourth-order valence-corrected chi connectivity index (χ4v) is 2.07. The lowest BCUT2D eigenvalue weighted by Gasteiger charge is -2.10. The van der Waals surface area contributed by atoms with Crippen LogP contribution < -0.4 is 0 Å². The quantitative estimate of drug-likeness (QED) is 0.742. The van der Waals surface area contributed by atoms with Crippen molar-refractivity contribution in [3.8, 4) is 11.4 Å². The minimum atomic E-state index is -0.143. The summed E-state index contributed by atoms with van der Waals surface area (Å²) in [6.07, 6.45) is 4.91. The number of aliphatic hydroxyl groups is 2. The third-order valence-electron chi connectivity index (χ3n) is 3.02. The van der Waals surface area contributed by atoms with Crippen molar-refractivity contribution in [1.82, 2.24) is 19.3 Å². The first-order valence-electron chi connectivity index (χ1n) is 6.20. The lowest BCUT2D eigenvalue weighted by molar-refractivity contribution is 0.268. The zero-order valence-electron chi connectivity index (χ0n) is 10.7. The lowest BCUT2D eigenvalue weighted by Crippen LogP contribution is -2.12. The molecule has 0 radical (unpaired) electrons. The Hall–Kier alpha value is -2.44. The highest BCUT2D eigenvalue weighted by Gasteiger charge is 2.13. The highest BCUT2D eigenvalue weighted by atomic mass is 16.3. The predicted octanol–water partition coefficient (Wildman–Crippen LogP) is 1.04. The molecule has 102 valence electrons. The Bertz CT molecular complexity index is 703. The van der Waals surface area contributed by atoms with Gasteiger partial charge in [0.25, 0.3) is 0 Å². The molecule has 1 aromatic carbocycles. The van der Waals surface area contributed by atoms with Crippen LogP contribution in [0.4, 0.5) is 0 Å². The Balaban J connectivity index is 2.18. The van der Waals surface area contributed by atoms with Crippen molar-refractivity contribution >= 4 is 0 Å². The number of rotatable bonds is 4. The van der Waals surface area contributed by atoms with Crippen molar-refractivity contribution < 1.29 is 10.2 Å². The first kappa shape index (κ1) is 12.6. The number of nitrogens with zero attached hydrogens (tertiary/aromatic N) is 4. The van der Waals surface area contributed by atoms with Crippen LogP contribution in [0.15, 0.2) is 49.1 Å². The van der Waals surface area contributed by atoms with Gasteiger partial charge in [0, 0.05) is 5.56 Å². The largest absolute Gasteiger partial charge is 0.390 e. The fourth-order valence-electron chi connectivity index (χ4n) is 2.07. The molecule has 20 heavy (non-hydrogen) atoms. The number of benzene rings is 1. The number of imidazole rings is 2. The van der Waals surface area contributed by atoms with Crippen molar-refractivity contribution in [2.24, 2.45) is 0 Å². The van der Waals surface area contributed by atoms with Crippen LogP contribution in [0.2, 0.25) is 0 Å². The summed E-state index contributed by atoms with van der Waals surface area (Å²) in [6.45, 7) is -0.267. The molecule has 0 bridgehead atoms. The maximum absolute atomic E-state index is 9.35. The maximum atomic E-state index is 9.35. The van der Waals surface area contributed by atoms with Gasteiger partial charge in [-0.1, -0.05) is 30.3 Å². The first-order valence-corrected chi connectivity index (χ1v) is 6.20. The summed E-state index contributed by atoms with van der Waals surface area (Å²) in [4.78, 5) is 8.44. The van der Waals surface area contributed by atoms with Gasteiger partial charge in [-0.05, 0) is 0 Å². The average molecular weight is 270 g/mol. The van der Waals surface area contributed by atoms with Gasteiger partial charge in [-0.2, -0.15) is 0 Å². The molecular weight excluding hydrogens is 256 g/mol. The number of hydrogen-bond donors (Lipinski definition) is 2. The third kappa shape index (κ3) is 2.11. The van der Waals surface area contributed by atoms with Crippen molar-refractivity contribution in [3.63, 3.8) is 0 Å². The van der Waals surface area contributed by atoms with E-state index in [1.165, 1.54) is 0 Å².